The third-order valence-corrected chi connectivity index (χ3v) is 3.74. The van der Waals surface area contributed by atoms with Crippen LogP contribution in [0.15, 0.2) is 0 Å². The summed E-state index contributed by atoms with van der Waals surface area (Å²) in [5.74, 6) is 3.22. The van der Waals surface area contributed by atoms with Crippen molar-refractivity contribution in [3.63, 3.8) is 0 Å². The van der Waals surface area contributed by atoms with Crippen molar-refractivity contribution >= 4 is 11.6 Å². The van der Waals surface area contributed by atoms with Crippen LogP contribution in [0.1, 0.15) is 50.9 Å². The van der Waals surface area contributed by atoms with Gasteiger partial charge in [0.05, 0.1) is 0 Å². The van der Waals surface area contributed by atoms with Crippen LogP contribution < -0.4 is 11.1 Å². The number of nitrogen functional groups attached to an aromatic ring is 1. The first kappa shape index (κ1) is 13.1. The molecule has 18 heavy (non-hydrogen) atoms. The highest BCUT2D eigenvalue weighted by Gasteiger charge is 2.22. The normalized spacial score (nSPS) is 23.3. The zero-order valence-corrected chi connectivity index (χ0v) is 11.7. The van der Waals surface area contributed by atoms with Crippen molar-refractivity contribution in [2.75, 3.05) is 11.1 Å². The van der Waals surface area contributed by atoms with Crippen LogP contribution in [0.25, 0.3) is 0 Å². The number of anilines is 2. The van der Waals surface area contributed by atoms with Crippen molar-refractivity contribution in [3.8, 4) is 0 Å². The van der Waals surface area contributed by atoms with E-state index in [1.807, 2.05) is 6.92 Å². The molecule has 0 amide bonds. The lowest BCUT2D eigenvalue weighted by Crippen LogP contribution is -2.19. The molecule has 2 unspecified atom stereocenters. The summed E-state index contributed by atoms with van der Waals surface area (Å²) < 4.78 is 0. The summed E-state index contributed by atoms with van der Waals surface area (Å²) in [6, 6.07) is 0.544. The Morgan fingerprint density at radius 1 is 1.33 bits per heavy atom. The fourth-order valence-corrected chi connectivity index (χ4v) is 2.59. The molecular weight excluding hydrogens is 224 g/mol. The van der Waals surface area contributed by atoms with Crippen LogP contribution in [0, 0.1) is 12.8 Å². The van der Waals surface area contributed by atoms with Gasteiger partial charge in [0.1, 0.15) is 17.5 Å². The first-order valence-corrected chi connectivity index (χ1v) is 6.99. The van der Waals surface area contributed by atoms with Gasteiger partial charge in [-0.2, -0.15) is 0 Å². The molecule has 1 aromatic rings. The predicted molar refractivity (Wildman–Crippen MR) is 75.6 cm³/mol. The second-order valence-corrected chi connectivity index (χ2v) is 5.51. The van der Waals surface area contributed by atoms with E-state index in [1.165, 1.54) is 19.3 Å². The Bertz CT molecular complexity index is 417. The van der Waals surface area contributed by atoms with Crippen LogP contribution in [-0.4, -0.2) is 16.0 Å². The number of nitrogens with one attached hydrogen (secondary N) is 1. The van der Waals surface area contributed by atoms with E-state index in [0.717, 1.165) is 36.0 Å². The monoisotopic (exact) mass is 248 g/mol. The Labute approximate surface area is 109 Å². The predicted octanol–water partition coefficient (Wildman–Crippen LogP) is 2.92. The Hall–Kier alpha value is -1.32. The van der Waals surface area contributed by atoms with Crippen molar-refractivity contribution in [1.82, 2.24) is 9.97 Å². The molecule has 3 N–H and O–H groups in total. The van der Waals surface area contributed by atoms with E-state index in [2.05, 4.69) is 29.1 Å². The topological polar surface area (TPSA) is 63.8 Å². The summed E-state index contributed by atoms with van der Waals surface area (Å²) >= 11 is 0. The molecule has 0 spiro atoms. The van der Waals surface area contributed by atoms with Crippen molar-refractivity contribution in [3.05, 3.63) is 11.4 Å². The highest BCUT2D eigenvalue weighted by Crippen LogP contribution is 2.28. The van der Waals surface area contributed by atoms with Gasteiger partial charge in [-0.3, -0.25) is 0 Å². The lowest BCUT2D eigenvalue weighted by Gasteiger charge is -2.16. The maximum Gasteiger partial charge on any atom is 0.134 e. The SMILES string of the molecule is CCCc1nc(N)c(C)c(NC2CCC(C)C2)n1. The van der Waals surface area contributed by atoms with E-state index >= 15 is 0 Å². The molecule has 2 atom stereocenters. The van der Waals surface area contributed by atoms with Crippen LogP contribution in [0.4, 0.5) is 11.6 Å². The quantitative estimate of drug-likeness (QED) is 0.860. The number of aromatic nitrogens is 2. The van der Waals surface area contributed by atoms with Gasteiger partial charge in [0.15, 0.2) is 0 Å². The summed E-state index contributed by atoms with van der Waals surface area (Å²) in [6.45, 7) is 6.43. The van der Waals surface area contributed by atoms with Gasteiger partial charge in [0.25, 0.3) is 0 Å². The van der Waals surface area contributed by atoms with Gasteiger partial charge in [0.2, 0.25) is 0 Å². The molecule has 1 aliphatic rings. The molecule has 0 saturated heterocycles. The third kappa shape index (κ3) is 2.92. The number of nitrogens with two attached hydrogens (primary N) is 1. The van der Waals surface area contributed by atoms with Crippen molar-refractivity contribution in [2.24, 2.45) is 5.92 Å². The highest BCUT2D eigenvalue weighted by atomic mass is 15.1. The van der Waals surface area contributed by atoms with Crippen molar-refractivity contribution in [2.45, 2.75) is 58.9 Å². The number of hydrogen-bond acceptors (Lipinski definition) is 4. The summed E-state index contributed by atoms with van der Waals surface area (Å²) in [5.41, 5.74) is 6.94. The van der Waals surface area contributed by atoms with Crippen molar-refractivity contribution < 1.29 is 0 Å². The second kappa shape index (κ2) is 5.55. The lowest BCUT2D eigenvalue weighted by atomic mass is 10.1. The van der Waals surface area contributed by atoms with Gasteiger partial charge in [-0.25, -0.2) is 9.97 Å². The molecule has 1 saturated carbocycles. The highest BCUT2D eigenvalue weighted by molar-refractivity contribution is 5.55. The first-order chi connectivity index (χ1) is 8.60. The Morgan fingerprint density at radius 3 is 2.72 bits per heavy atom. The van der Waals surface area contributed by atoms with E-state index in [0.29, 0.717) is 11.9 Å². The molecule has 2 rings (SSSR count). The molecule has 1 heterocycles. The van der Waals surface area contributed by atoms with E-state index in [1.54, 1.807) is 0 Å². The molecule has 0 bridgehead atoms. The molecule has 0 radical (unpaired) electrons. The van der Waals surface area contributed by atoms with Gasteiger partial charge >= 0.3 is 0 Å². The molecule has 1 fully saturated rings. The summed E-state index contributed by atoms with van der Waals surface area (Å²) in [5, 5.41) is 3.55. The molecule has 0 aromatic carbocycles. The number of nitrogens with zero attached hydrogens (tertiary/aromatic N) is 2. The van der Waals surface area contributed by atoms with E-state index < -0.39 is 0 Å². The molecular formula is C14H24N4. The Balaban J connectivity index is 2.15. The van der Waals surface area contributed by atoms with E-state index in [9.17, 15) is 0 Å². The molecule has 1 aliphatic carbocycles. The van der Waals surface area contributed by atoms with Crippen LogP contribution in [-0.2, 0) is 6.42 Å². The average Bonchev–Trinajstić information content (AvgIpc) is 2.71. The Morgan fingerprint density at radius 2 is 2.11 bits per heavy atom. The average molecular weight is 248 g/mol. The maximum absolute atomic E-state index is 5.96. The minimum atomic E-state index is 0.544. The first-order valence-electron chi connectivity index (χ1n) is 6.99. The minimum Gasteiger partial charge on any atom is -0.383 e. The largest absolute Gasteiger partial charge is 0.383 e. The standard InChI is InChI=1S/C14H24N4/c1-4-5-12-17-13(15)10(3)14(18-12)16-11-7-6-9(2)8-11/h9,11H,4-8H2,1-3H3,(H3,15,16,17,18). The minimum absolute atomic E-state index is 0.544. The Kier molecular flexibility index (Phi) is 4.04. The summed E-state index contributed by atoms with van der Waals surface area (Å²) in [6.07, 6.45) is 5.70. The van der Waals surface area contributed by atoms with Crippen LogP contribution in [0.2, 0.25) is 0 Å². The zero-order valence-electron chi connectivity index (χ0n) is 11.7. The van der Waals surface area contributed by atoms with Crippen LogP contribution in [0.3, 0.4) is 0 Å². The number of hydrogen-bond donors (Lipinski definition) is 2. The zero-order chi connectivity index (χ0) is 13.1. The maximum atomic E-state index is 5.96. The molecule has 4 nitrogen and oxygen atoms in total. The summed E-state index contributed by atoms with van der Waals surface area (Å²) in [7, 11) is 0. The molecule has 1 aromatic heterocycles. The molecule has 0 aliphatic heterocycles. The summed E-state index contributed by atoms with van der Waals surface area (Å²) in [4.78, 5) is 8.95. The van der Waals surface area contributed by atoms with Crippen LogP contribution in [0.5, 0.6) is 0 Å². The van der Waals surface area contributed by atoms with Crippen LogP contribution >= 0.6 is 0 Å². The molecule has 4 heteroatoms. The van der Waals surface area contributed by atoms with E-state index in [-0.39, 0.29) is 0 Å². The van der Waals surface area contributed by atoms with Crippen molar-refractivity contribution in [1.29, 1.82) is 0 Å². The smallest absolute Gasteiger partial charge is 0.134 e. The van der Waals surface area contributed by atoms with Gasteiger partial charge in [-0.05, 0) is 38.5 Å². The van der Waals surface area contributed by atoms with Gasteiger partial charge in [-0.15, -0.1) is 0 Å². The fraction of sp³-hybridized carbons (Fsp3) is 0.714. The lowest BCUT2D eigenvalue weighted by molar-refractivity contribution is 0.602. The molecule has 100 valence electrons. The fourth-order valence-electron chi connectivity index (χ4n) is 2.59. The number of aryl methyl sites for hydroxylation is 1. The third-order valence-electron chi connectivity index (χ3n) is 3.74. The van der Waals surface area contributed by atoms with Gasteiger partial charge < -0.3 is 11.1 Å². The second-order valence-electron chi connectivity index (χ2n) is 5.51. The van der Waals surface area contributed by atoms with E-state index in [4.69, 9.17) is 5.73 Å². The van der Waals surface area contributed by atoms with Gasteiger partial charge in [0, 0.05) is 18.0 Å². The van der Waals surface area contributed by atoms with Gasteiger partial charge in [-0.1, -0.05) is 13.8 Å². The number of rotatable bonds is 4.